The van der Waals surface area contributed by atoms with Gasteiger partial charge in [-0.1, -0.05) is 6.07 Å². The zero-order valence-electron chi connectivity index (χ0n) is 13.6. The van der Waals surface area contributed by atoms with Crippen molar-refractivity contribution in [1.29, 1.82) is 0 Å². The van der Waals surface area contributed by atoms with E-state index < -0.39 is 0 Å². The summed E-state index contributed by atoms with van der Waals surface area (Å²) in [5.41, 5.74) is 1.54. The van der Waals surface area contributed by atoms with Gasteiger partial charge in [-0.25, -0.2) is 0 Å². The molecule has 0 radical (unpaired) electrons. The topological polar surface area (TPSA) is 41.9 Å². The molecule has 4 unspecified atom stereocenters. The third kappa shape index (κ3) is 1.65. The van der Waals surface area contributed by atoms with E-state index in [9.17, 15) is 5.11 Å². The largest absolute Gasteiger partial charge is 0.493 e. The molecule has 1 saturated heterocycles. The number of likely N-dealkylation sites (N-methyl/N-ethyl adjacent to an activating group) is 1. The predicted molar refractivity (Wildman–Crippen MR) is 84.5 cm³/mol. The number of rotatable bonds is 3. The third-order valence-corrected chi connectivity index (χ3v) is 6.51. The van der Waals surface area contributed by atoms with Gasteiger partial charge in [-0.2, -0.15) is 0 Å². The van der Waals surface area contributed by atoms with E-state index in [1.165, 1.54) is 12.0 Å². The molecule has 2 bridgehead atoms. The minimum absolute atomic E-state index is 0.121. The Morgan fingerprint density at radius 3 is 2.68 bits per heavy atom. The first-order valence-electron chi connectivity index (χ1n) is 8.22. The number of aliphatic hydroxyl groups excluding tert-OH is 1. The first-order valence-corrected chi connectivity index (χ1v) is 8.22. The second kappa shape index (κ2) is 4.87. The smallest absolute Gasteiger partial charge is 0.161 e. The van der Waals surface area contributed by atoms with Crippen LogP contribution in [0.15, 0.2) is 18.2 Å². The Hall–Kier alpha value is -1.26. The second-order valence-corrected chi connectivity index (χ2v) is 7.19. The van der Waals surface area contributed by atoms with Crippen LogP contribution < -0.4 is 9.47 Å². The van der Waals surface area contributed by atoms with Gasteiger partial charge < -0.3 is 19.5 Å². The summed E-state index contributed by atoms with van der Waals surface area (Å²) >= 11 is 0. The standard InChI is InChI=1S/C18H25NO3/c1-19-7-6-18(12-8-13(17(18)19)14(20)9-12)11-4-5-15(21-2)16(10-11)22-3/h4-5,10,12-14,17,20H,6-9H2,1-3H3/t12?,13?,14?,17?,18-/m0/s1. The molecule has 22 heavy (non-hydrogen) atoms. The van der Waals surface area contributed by atoms with Crippen molar-refractivity contribution in [2.45, 2.75) is 36.8 Å². The Labute approximate surface area is 132 Å². The highest BCUT2D eigenvalue weighted by atomic mass is 16.5. The van der Waals surface area contributed by atoms with Crippen LogP contribution in [0.3, 0.4) is 0 Å². The highest BCUT2D eigenvalue weighted by Crippen LogP contribution is 2.63. The van der Waals surface area contributed by atoms with Gasteiger partial charge in [-0.05, 0) is 56.5 Å². The number of benzene rings is 1. The molecule has 4 rings (SSSR count). The van der Waals surface area contributed by atoms with Crippen LogP contribution >= 0.6 is 0 Å². The monoisotopic (exact) mass is 303 g/mol. The summed E-state index contributed by atoms with van der Waals surface area (Å²) in [7, 11) is 5.58. The molecule has 1 aromatic carbocycles. The van der Waals surface area contributed by atoms with Gasteiger partial charge in [0.05, 0.1) is 20.3 Å². The lowest BCUT2D eigenvalue weighted by Gasteiger charge is -2.43. The van der Waals surface area contributed by atoms with Crippen LogP contribution in [0.5, 0.6) is 11.5 Å². The molecule has 4 nitrogen and oxygen atoms in total. The molecule has 4 heteroatoms. The molecule has 0 spiro atoms. The van der Waals surface area contributed by atoms with E-state index in [4.69, 9.17) is 9.47 Å². The van der Waals surface area contributed by atoms with Gasteiger partial charge in [0.15, 0.2) is 11.5 Å². The van der Waals surface area contributed by atoms with Crippen LogP contribution in [0.4, 0.5) is 0 Å². The molecule has 0 aromatic heterocycles. The third-order valence-electron chi connectivity index (χ3n) is 6.51. The van der Waals surface area contributed by atoms with Gasteiger partial charge in [0.2, 0.25) is 0 Å². The molecule has 3 aliphatic rings. The Kier molecular flexibility index (Phi) is 3.17. The first kappa shape index (κ1) is 14.3. The van der Waals surface area contributed by atoms with E-state index in [1.54, 1.807) is 14.2 Å². The number of methoxy groups -OCH3 is 2. The molecule has 1 heterocycles. The van der Waals surface area contributed by atoms with E-state index in [2.05, 4.69) is 24.1 Å². The van der Waals surface area contributed by atoms with E-state index in [0.717, 1.165) is 30.9 Å². The zero-order valence-corrected chi connectivity index (χ0v) is 13.6. The van der Waals surface area contributed by atoms with E-state index >= 15 is 0 Å². The van der Waals surface area contributed by atoms with Crippen molar-refractivity contribution in [2.75, 3.05) is 27.8 Å². The quantitative estimate of drug-likeness (QED) is 0.928. The molecule has 120 valence electrons. The Morgan fingerprint density at radius 2 is 1.95 bits per heavy atom. The lowest BCUT2D eigenvalue weighted by molar-refractivity contribution is 0.0417. The summed E-state index contributed by atoms with van der Waals surface area (Å²) in [6, 6.07) is 6.86. The highest BCUT2D eigenvalue weighted by Gasteiger charge is 2.65. The number of ether oxygens (including phenoxy) is 2. The van der Waals surface area contributed by atoms with E-state index in [-0.39, 0.29) is 11.5 Å². The molecule has 3 fully saturated rings. The maximum atomic E-state index is 10.4. The Morgan fingerprint density at radius 1 is 1.18 bits per heavy atom. The lowest BCUT2D eigenvalue weighted by Crippen LogP contribution is -2.49. The molecule has 1 N–H and O–H groups in total. The minimum atomic E-state index is -0.121. The molecule has 5 atom stereocenters. The summed E-state index contributed by atoms with van der Waals surface area (Å²) < 4.78 is 10.9. The summed E-state index contributed by atoms with van der Waals surface area (Å²) in [6.07, 6.45) is 3.16. The Balaban J connectivity index is 1.81. The fourth-order valence-electron chi connectivity index (χ4n) is 5.68. The van der Waals surface area contributed by atoms with Gasteiger partial charge in [-0.15, -0.1) is 0 Å². The van der Waals surface area contributed by atoms with E-state index in [1.807, 2.05) is 6.07 Å². The normalized spacial score (nSPS) is 40.0. The number of fused-ring (bicyclic) bond motifs is 5. The molecule has 1 aromatic rings. The summed E-state index contributed by atoms with van der Waals surface area (Å²) in [4.78, 5) is 2.46. The maximum absolute atomic E-state index is 10.4. The predicted octanol–water partition coefficient (Wildman–Crippen LogP) is 2.05. The average molecular weight is 303 g/mol. The first-order chi connectivity index (χ1) is 10.6. The van der Waals surface area contributed by atoms with Crippen LogP contribution in [-0.4, -0.2) is 50.0 Å². The fraction of sp³-hybridized carbons (Fsp3) is 0.667. The molecule has 0 amide bonds. The maximum Gasteiger partial charge on any atom is 0.161 e. The number of nitrogens with zero attached hydrogens (tertiary/aromatic N) is 1. The highest BCUT2D eigenvalue weighted by molar-refractivity contribution is 5.48. The van der Waals surface area contributed by atoms with Gasteiger partial charge >= 0.3 is 0 Å². The number of likely N-dealkylation sites (tertiary alicyclic amines) is 1. The number of aliphatic hydroxyl groups is 1. The summed E-state index contributed by atoms with van der Waals surface area (Å²) in [5.74, 6) is 2.60. The Bertz CT molecular complexity index is 590. The van der Waals surface area contributed by atoms with Crippen molar-refractivity contribution >= 4 is 0 Å². The SMILES string of the molecule is COc1ccc([C@]23CCN(C)C2C2CC3CC2O)cc1OC. The van der Waals surface area contributed by atoms with Gasteiger partial charge in [-0.3, -0.25) is 0 Å². The molecule has 2 aliphatic carbocycles. The fourth-order valence-corrected chi connectivity index (χ4v) is 5.68. The van der Waals surface area contributed by atoms with Crippen LogP contribution in [0.25, 0.3) is 0 Å². The van der Waals surface area contributed by atoms with Gasteiger partial charge in [0.1, 0.15) is 0 Å². The number of hydrogen-bond donors (Lipinski definition) is 1. The van der Waals surface area contributed by atoms with Crippen LogP contribution in [0.1, 0.15) is 24.8 Å². The molecule has 2 saturated carbocycles. The van der Waals surface area contributed by atoms with Crippen LogP contribution in [-0.2, 0) is 5.41 Å². The van der Waals surface area contributed by atoms with Crippen molar-refractivity contribution in [2.24, 2.45) is 11.8 Å². The van der Waals surface area contributed by atoms with Crippen molar-refractivity contribution in [3.63, 3.8) is 0 Å². The van der Waals surface area contributed by atoms with Crippen molar-refractivity contribution in [3.8, 4) is 11.5 Å². The summed E-state index contributed by atoms with van der Waals surface area (Å²) in [6.45, 7) is 1.11. The van der Waals surface area contributed by atoms with Gasteiger partial charge in [0.25, 0.3) is 0 Å². The molecule has 1 aliphatic heterocycles. The summed E-state index contributed by atoms with van der Waals surface area (Å²) in [5, 5.41) is 10.4. The van der Waals surface area contributed by atoms with Crippen LogP contribution in [0.2, 0.25) is 0 Å². The second-order valence-electron chi connectivity index (χ2n) is 7.19. The zero-order chi connectivity index (χ0) is 15.5. The van der Waals surface area contributed by atoms with Crippen molar-refractivity contribution in [1.82, 2.24) is 4.90 Å². The minimum Gasteiger partial charge on any atom is -0.493 e. The average Bonchev–Trinajstić information content (AvgIpc) is 3.17. The van der Waals surface area contributed by atoms with E-state index in [0.29, 0.717) is 17.9 Å². The van der Waals surface area contributed by atoms with Crippen LogP contribution in [0, 0.1) is 11.8 Å². The van der Waals surface area contributed by atoms with Crippen molar-refractivity contribution in [3.05, 3.63) is 23.8 Å². The van der Waals surface area contributed by atoms with Crippen molar-refractivity contribution < 1.29 is 14.6 Å². The van der Waals surface area contributed by atoms with Gasteiger partial charge in [0, 0.05) is 17.4 Å². The number of hydrogen-bond acceptors (Lipinski definition) is 4. The molecular weight excluding hydrogens is 278 g/mol. The lowest BCUT2D eigenvalue weighted by atomic mass is 9.65. The molecular formula is C18H25NO3.